The quantitative estimate of drug-likeness (QED) is 0.491. The first-order valence-corrected chi connectivity index (χ1v) is 11.0. The van der Waals surface area contributed by atoms with Gasteiger partial charge in [-0.3, -0.25) is 10.00 Å². The molecule has 0 saturated carbocycles. The van der Waals surface area contributed by atoms with Gasteiger partial charge in [0.05, 0.1) is 10.7 Å². The molecule has 7 heteroatoms. The Labute approximate surface area is 186 Å². The van der Waals surface area contributed by atoms with Crippen molar-refractivity contribution in [1.29, 1.82) is 0 Å². The van der Waals surface area contributed by atoms with Gasteiger partial charge in [-0.15, -0.1) is 0 Å². The number of hydrogen-bond donors (Lipinski definition) is 3. The number of halogens is 2. The van der Waals surface area contributed by atoms with Gasteiger partial charge in [-0.1, -0.05) is 54.0 Å². The molecule has 0 amide bonds. The van der Waals surface area contributed by atoms with Crippen LogP contribution in [-0.2, 0) is 6.42 Å². The number of nitrogens with two attached hydrogens (primary N) is 1. The van der Waals surface area contributed by atoms with Crippen LogP contribution in [0.15, 0.2) is 66.0 Å². The lowest BCUT2D eigenvalue weighted by atomic mass is 9.73. The summed E-state index contributed by atoms with van der Waals surface area (Å²) in [6, 6.07) is 10.5. The zero-order valence-corrected chi connectivity index (χ0v) is 18.2. The molecular formula is C23H25Cl2N5. The van der Waals surface area contributed by atoms with E-state index in [2.05, 4.69) is 51.3 Å². The Kier molecular flexibility index (Phi) is 4.82. The molecule has 156 valence electrons. The molecule has 1 fully saturated rings. The van der Waals surface area contributed by atoms with Gasteiger partial charge in [0, 0.05) is 42.7 Å². The van der Waals surface area contributed by atoms with Crippen LogP contribution in [0.1, 0.15) is 35.7 Å². The number of nitrogens with zero attached hydrogens (tertiary/aromatic N) is 2. The molecule has 2 atom stereocenters. The fraction of sp³-hybridized carbons (Fsp3) is 0.348. The number of benzene rings is 1. The highest BCUT2D eigenvalue weighted by molar-refractivity contribution is 6.39. The van der Waals surface area contributed by atoms with Crippen molar-refractivity contribution < 1.29 is 0 Å². The fourth-order valence-corrected chi connectivity index (χ4v) is 5.65. The summed E-state index contributed by atoms with van der Waals surface area (Å²) in [6.07, 6.45) is 8.48. The van der Waals surface area contributed by atoms with Gasteiger partial charge >= 0.3 is 0 Å². The maximum absolute atomic E-state index is 7.01. The maximum atomic E-state index is 7.01. The molecule has 3 heterocycles. The Morgan fingerprint density at radius 1 is 1.23 bits per heavy atom. The molecule has 5 rings (SSSR count). The Morgan fingerprint density at radius 2 is 2.00 bits per heavy atom. The topological polar surface area (TPSA) is 70.0 Å². The number of piperidine rings is 1. The van der Waals surface area contributed by atoms with E-state index in [-0.39, 0.29) is 11.5 Å². The Balaban J connectivity index is 1.30. The van der Waals surface area contributed by atoms with E-state index >= 15 is 0 Å². The van der Waals surface area contributed by atoms with Gasteiger partial charge in [-0.25, -0.2) is 0 Å². The molecule has 4 N–H and O–H groups in total. The third kappa shape index (κ3) is 3.04. The molecule has 1 saturated heterocycles. The average Bonchev–Trinajstić information content (AvgIpc) is 3.38. The summed E-state index contributed by atoms with van der Waals surface area (Å²) >= 11 is 13.7. The third-order valence-electron chi connectivity index (χ3n) is 6.98. The number of allylic oxidation sites excluding steroid dienone is 3. The Hall–Kier alpha value is -2.05. The van der Waals surface area contributed by atoms with Crippen LogP contribution in [0, 0.1) is 5.41 Å². The minimum atomic E-state index is -0.948. The van der Waals surface area contributed by atoms with Crippen LogP contribution >= 0.6 is 23.2 Å². The highest BCUT2D eigenvalue weighted by atomic mass is 35.5. The minimum Gasteiger partial charge on any atom is -0.356 e. The van der Waals surface area contributed by atoms with E-state index in [4.69, 9.17) is 28.9 Å². The summed E-state index contributed by atoms with van der Waals surface area (Å²) in [6.45, 7) is 5.79. The molecule has 2 aromatic rings. The van der Waals surface area contributed by atoms with Crippen molar-refractivity contribution >= 4 is 28.8 Å². The molecule has 1 aromatic heterocycles. The van der Waals surface area contributed by atoms with Gasteiger partial charge in [0.1, 0.15) is 0 Å². The second kappa shape index (κ2) is 7.27. The number of nitrogens with one attached hydrogen (secondary N) is 2. The zero-order valence-electron chi connectivity index (χ0n) is 16.7. The molecule has 1 unspecified atom stereocenters. The van der Waals surface area contributed by atoms with Crippen LogP contribution in [-0.4, -0.2) is 33.3 Å². The van der Waals surface area contributed by atoms with Gasteiger partial charge < -0.3 is 11.1 Å². The van der Waals surface area contributed by atoms with Crippen molar-refractivity contribution in [3.63, 3.8) is 0 Å². The predicted octanol–water partition coefficient (Wildman–Crippen LogP) is 4.26. The first-order valence-electron chi connectivity index (χ1n) is 10.2. The largest absolute Gasteiger partial charge is 0.356 e. The highest BCUT2D eigenvalue weighted by Crippen LogP contribution is 2.52. The van der Waals surface area contributed by atoms with E-state index in [1.165, 1.54) is 11.1 Å². The number of likely N-dealkylation sites (tertiary alicyclic amines) is 1. The second-order valence-corrected chi connectivity index (χ2v) is 9.46. The molecule has 2 aliphatic heterocycles. The number of dihydropyridines is 1. The van der Waals surface area contributed by atoms with Gasteiger partial charge in [0.25, 0.3) is 0 Å². The second-order valence-electron chi connectivity index (χ2n) is 8.51. The molecule has 1 aromatic carbocycles. The van der Waals surface area contributed by atoms with Crippen molar-refractivity contribution in [2.75, 3.05) is 13.1 Å². The number of hydrogen-bond acceptors (Lipinski definition) is 4. The van der Waals surface area contributed by atoms with E-state index in [1.54, 1.807) is 6.20 Å². The fourth-order valence-electron chi connectivity index (χ4n) is 5.08. The van der Waals surface area contributed by atoms with Crippen LogP contribution in [0.4, 0.5) is 0 Å². The van der Waals surface area contributed by atoms with Crippen molar-refractivity contribution in [1.82, 2.24) is 20.4 Å². The third-order valence-corrected chi connectivity index (χ3v) is 8.01. The molecule has 3 aliphatic rings. The van der Waals surface area contributed by atoms with Crippen LogP contribution in [0.2, 0.25) is 0 Å². The van der Waals surface area contributed by atoms with E-state index < -0.39 is 5.12 Å². The zero-order chi connectivity index (χ0) is 20.9. The molecule has 1 spiro atoms. The molecule has 5 nitrogen and oxygen atoms in total. The van der Waals surface area contributed by atoms with Crippen molar-refractivity contribution in [3.05, 3.63) is 82.8 Å². The summed E-state index contributed by atoms with van der Waals surface area (Å²) < 4.78 is 0. The average molecular weight is 442 g/mol. The minimum absolute atomic E-state index is 0.0803. The lowest BCUT2D eigenvalue weighted by Crippen LogP contribution is -2.58. The van der Waals surface area contributed by atoms with E-state index in [0.717, 1.165) is 49.2 Å². The van der Waals surface area contributed by atoms with Crippen molar-refractivity contribution in [2.45, 2.75) is 30.4 Å². The van der Waals surface area contributed by atoms with Gasteiger partial charge in [0.15, 0.2) is 0 Å². The van der Waals surface area contributed by atoms with E-state index in [9.17, 15) is 0 Å². The van der Waals surface area contributed by atoms with Gasteiger partial charge in [0.2, 0.25) is 5.12 Å². The summed E-state index contributed by atoms with van der Waals surface area (Å²) in [7, 11) is 0. The Morgan fingerprint density at radius 3 is 2.67 bits per heavy atom. The number of alkyl halides is 1. The van der Waals surface area contributed by atoms with Crippen LogP contribution in [0.3, 0.4) is 0 Å². The van der Waals surface area contributed by atoms with Crippen LogP contribution in [0.5, 0.6) is 0 Å². The predicted molar refractivity (Wildman–Crippen MR) is 122 cm³/mol. The maximum Gasteiger partial charge on any atom is 0.205 e. The number of rotatable bonds is 3. The molecule has 1 aliphatic carbocycles. The van der Waals surface area contributed by atoms with Crippen LogP contribution in [0.25, 0.3) is 5.57 Å². The van der Waals surface area contributed by atoms with Crippen LogP contribution < -0.4 is 11.1 Å². The lowest BCUT2D eigenvalue weighted by molar-refractivity contribution is 0.0528. The molecule has 30 heavy (non-hydrogen) atoms. The number of aromatic nitrogens is 2. The summed E-state index contributed by atoms with van der Waals surface area (Å²) in [4.78, 5) is 2.21. The normalized spacial score (nSPS) is 27.9. The molecule has 0 radical (unpaired) electrons. The smallest absolute Gasteiger partial charge is 0.205 e. The highest BCUT2D eigenvalue weighted by Gasteiger charge is 2.49. The van der Waals surface area contributed by atoms with Crippen molar-refractivity contribution in [2.24, 2.45) is 11.1 Å². The number of fused-ring (bicyclic) bond motifs is 1. The van der Waals surface area contributed by atoms with Gasteiger partial charge in [-0.2, -0.15) is 5.10 Å². The van der Waals surface area contributed by atoms with E-state index in [0.29, 0.717) is 5.03 Å². The monoisotopic (exact) mass is 441 g/mol. The van der Waals surface area contributed by atoms with E-state index in [1.807, 2.05) is 18.3 Å². The summed E-state index contributed by atoms with van der Waals surface area (Å²) in [5.41, 5.74) is 12.0. The Bertz CT molecular complexity index is 1030. The van der Waals surface area contributed by atoms with Gasteiger partial charge in [-0.05, 0) is 47.9 Å². The number of aromatic amines is 1. The first kappa shape index (κ1) is 19.9. The van der Waals surface area contributed by atoms with Crippen molar-refractivity contribution in [3.8, 4) is 0 Å². The standard InChI is InChI=1S/C23H25Cl2N5/c1-15(19-6-9-28-29-19)17-12-20(24)23(25,27-14-17)30-10-7-22(8-11-30)13-16-4-2-3-5-18(16)21(22)26/h2-6,9,12,14,21,27H,1,7-8,10-11,13,26H2,(H,28,29)/t21?,23-/m0/s1. The first-order chi connectivity index (χ1) is 14.4. The molecule has 0 bridgehead atoms. The summed E-state index contributed by atoms with van der Waals surface area (Å²) in [5.74, 6) is 0. The lowest BCUT2D eigenvalue weighted by Gasteiger charge is -2.48. The summed E-state index contributed by atoms with van der Waals surface area (Å²) in [5, 5.41) is 9.82. The SMILES string of the molecule is C=C(C1=CN[C@](Cl)(N2CCC3(CC2)Cc2ccccc2C3N)C(Cl)=C1)c1ccn[nH]1. The molecular weight excluding hydrogens is 417 g/mol. The number of H-pyrrole nitrogens is 1.